The number of phenols is 1. The molecule has 16 amide bonds. The van der Waals surface area contributed by atoms with Crippen molar-refractivity contribution >= 4 is 140 Å². The van der Waals surface area contributed by atoms with Crippen LogP contribution in [0.5, 0.6) is 5.75 Å². The van der Waals surface area contributed by atoms with Gasteiger partial charge >= 0.3 is 5.97 Å². The van der Waals surface area contributed by atoms with Crippen LogP contribution in [0.15, 0.2) is 110 Å². The van der Waals surface area contributed by atoms with Crippen LogP contribution < -0.4 is 75.7 Å². The third-order valence-electron chi connectivity index (χ3n) is 24.7. The first-order valence-corrected chi connectivity index (χ1v) is 47.7. The highest BCUT2D eigenvalue weighted by Crippen LogP contribution is 2.28. The van der Waals surface area contributed by atoms with E-state index >= 15 is 57.5 Å². The van der Waals surface area contributed by atoms with Gasteiger partial charge in [-0.1, -0.05) is 94.1 Å². The number of hydrogen-bond acceptors (Lipinski definition) is 24. The minimum atomic E-state index is -1.93. The zero-order valence-electron chi connectivity index (χ0n) is 78.5. The van der Waals surface area contributed by atoms with Crippen LogP contribution in [-0.2, 0) is 107 Å². The van der Waals surface area contributed by atoms with Crippen LogP contribution >= 0.6 is 11.8 Å². The third kappa shape index (κ3) is 30.7. The summed E-state index contributed by atoms with van der Waals surface area (Å²) in [4.78, 5) is 270. The average Bonchev–Trinajstić information content (AvgIpc) is 1.76. The number of nitrogens with one attached hydrogen (secondary N) is 15. The Morgan fingerprint density at radius 2 is 1.10 bits per heavy atom. The number of aliphatic carboxylic acids is 1. The van der Waals surface area contributed by atoms with Crippen LogP contribution in [0.25, 0.3) is 21.8 Å². The molecule has 3 saturated heterocycles. The number of phenolic OH excluding ortho intramolecular Hbond substituents is 1. The van der Waals surface area contributed by atoms with Gasteiger partial charge in [-0.3, -0.25) is 86.9 Å². The number of aliphatic hydroxyl groups excluding tert-OH is 2. The van der Waals surface area contributed by atoms with Crippen molar-refractivity contribution in [1.82, 2.24) is 103 Å². The molecule has 139 heavy (non-hydrogen) atoms. The van der Waals surface area contributed by atoms with Gasteiger partial charge in [0.05, 0.1) is 37.0 Å². The maximum atomic E-state index is 15.8. The lowest BCUT2D eigenvalue weighted by Gasteiger charge is -2.36. The normalized spacial score (nSPS) is 24.3. The molecule has 46 heteroatoms. The van der Waals surface area contributed by atoms with Gasteiger partial charge in [-0.15, -0.1) is 18.3 Å². The number of rotatable bonds is 30. The molecule has 3 aliphatic rings. The van der Waals surface area contributed by atoms with Gasteiger partial charge in [0.2, 0.25) is 94.5 Å². The quantitative estimate of drug-likeness (QED) is 0.00945. The number of nitrogens with zero attached hydrogens (tertiary/aromatic N) is 6. The SMILES string of the molecule is C=C[C@H]1C(=O)N[C@@H](CCCCN)C(=O)N2CCC[C@H]2C(=O)N[C@@H](Cc2c[nH]cn2)C(=O)N[C@@H](CCC(=O)O)C(=O)N2C[C@H](O)C[C@H]2C(=O)N[C@@H](Cc2c[nH]c3ccccc23)C(=O)N[C@@H](CO)C(=O)N[C@@H](Cc2c[nH]c3ccccc23)C(=O)N(C)[C@@H](CCCC)C(=O)N(C)[C@@H](CCCC)C(=O)N[C@@H](CCCNC(=N)N)C(=O)N[C@H](C(=O)NCC(N)=O)CSCC(=O)N[C@@H](Cc2ccc(O)cc2)C(=O)N1C. The van der Waals surface area contributed by atoms with Crippen molar-refractivity contribution in [3.05, 3.63) is 133 Å². The van der Waals surface area contributed by atoms with Gasteiger partial charge in [0.25, 0.3) is 0 Å². The van der Waals surface area contributed by atoms with Crippen molar-refractivity contribution < 1.29 is 102 Å². The Balaban J connectivity index is 1.11. The monoisotopic (exact) mass is 1950 g/mol. The first-order chi connectivity index (χ1) is 66.5. The number of aliphatic hydroxyl groups is 2. The molecule has 0 unspecified atom stereocenters. The summed E-state index contributed by atoms with van der Waals surface area (Å²) < 4.78 is 0. The minimum Gasteiger partial charge on any atom is -0.508 e. The first kappa shape index (κ1) is 109. The fourth-order valence-electron chi connectivity index (χ4n) is 17.1. The highest BCUT2D eigenvalue weighted by molar-refractivity contribution is 8.00. The number of hydrogen-bond donors (Lipinski definition) is 22. The first-order valence-electron chi connectivity index (χ1n) is 46.5. The molecule has 754 valence electrons. The van der Waals surface area contributed by atoms with E-state index in [0.29, 0.717) is 70.6 Å². The number of unbranched alkanes of at least 4 members (excludes halogenated alkanes) is 3. The number of fused-ring (bicyclic) bond motifs is 4. The number of para-hydroxylation sites is 2. The molecule has 15 atom stereocenters. The van der Waals surface area contributed by atoms with E-state index in [4.69, 9.17) is 22.6 Å². The molecule has 6 aromatic rings. The summed E-state index contributed by atoms with van der Waals surface area (Å²) in [6.07, 6.45) is 4.33. The summed E-state index contributed by atoms with van der Waals surface area (Å²) in [6.45, 7) is 5.11. The molecule has 0 radical (unpaired) electrons. The number of primary amides is 1. The van der Waals surface area contributed by atoms with Gasteiger partial charge in [0.1, 0.15) is 90.3 Å². The lowest BCUT2D eigenvalue weighted by Crippen LogP contribution is -2.61. The summed E-state index contributed by atoms with van der Waals surface area (Å²) in [7, 11) is 3.90. The summed E-state index contributed by atoms with van der Waals surface area (Å²) in [5.74, 6) is -18.4. The fourth-order valence-corrected chi connectivity index (χ4v) is 18.0. The minimum absolute atomic E-state index is 0.00292. The average molecular weight is 1950 g/mol. The largest absolute Gasteiger partial charge is 0.508 e. The van der Waals surface area contributed by atoms with E-state index in [0.717, 1.165) is 37.4 Å². The van der Waals surface area contributed by atoms with E-state index in [2.05, 4.69) is 85.0 Å². The number of carboxylic acid groups (broad SMARTS) is 1. The van der Waals surface area contributed by atoms with Gasteiger partial charge < -0.3 is 136 Å². The maximum absolute atomic E-state index is 15.8. The number of likely N-dealkylation sites (N-methyl/N-ethyl adjacent to an activating group) is 3. The standard InChI is InChI=1S/C93H130N24O21S/c1-7-10-26-72-85(131)105-62(25-18-36-99-93(96)97)80(126)112-70(79(125)102-46-76(95)121)49-139-50-77(122)104-67(38-52-29-31-56(119)32-30-52)88(134)113(4)71(9-3)84(130)107-63(24-16-17-35-94)90(136)116-37-19-28-73(116)86(132)109-66(41-55-45-98-51-103-55)82(128)106-64(33-34-78(123)124)91(137)117-47-57(120)42-75(117)87(133)108-65(39-53-43-100-60-22-14-12-20-58(53)60)81(127)111-69(48-118)83(129)110-68(40-54-44-101-61-23-15-13-21-59(54)61)89(135)115(6)74(27-11-8-2)92(138)114(72)5/h9,12-15,20-23,29-32,43-45,51,57,62-75,100-101,118-120H,3,7-8,10-11,16-19,24-28,33-42,46-50,94H2,1-2,4-6H3,(H2,95,121)(H,98,103)(H,102,125)(H,104,122)(H,105,131)(H,106,128)(H,107,130)(H,108,133)(H,109,132)(H,110,129)(H,111,127)(H,112,126)(H,123,124)(H4,96,97,99)/t57-,62+,63+,64+,65+,66+,67+,68+,69+,70+,71+,72+,73+,74+,75+/m1/s1. The van der Waals surface area contributed by atoms with E-state index < -0.39 is 254 Å². The van der Waals surface area contributed by atoms with E-state index in [9.17, 15) is 44.4 Å². The fraction of sp³-hybridized carbons (Fsp3) is 0.516. The summed E-state index contributed by atoms with van der Waals surface area (Å²) >= 11 is 0.766. The number of benzene rings is 3. The number of nitrogens with two attached hydrogens (primary N) is 3. The van der Waals surface area contributed by atoms with Crippen LogP contribution in [0, 0.1) is 5.41 Å². The van der Waals surface area contributed by atoms with Gasteiger partial charge in [-0.25, -0.2) is 4.98 Å². The predicted molar refractivity (Wildman–Crippen MR) is 511 cm³/mol. The van der Waals surface area contributed by atoms with Gasteiger partial charge in [-0.05, 0) is 112 Å². The Hall–Kier alpha value is -14.0. The van der Waals surface area contributed by atoms with Gasteiger partial charge in [0.15, 0.2) is 5.96 Å². The van der Waals surface area contributed by atoms with Crippen molar-refractivity contribution in [2.75, 3.05) is 72.0 Å². The van der Waals surface area contributed by atoms with E-state index in [-0.39, 0.29) is 102 Å². The Kier molecular flexibility index (Phi) is 41.5. The van der Waals surface area contributed by atoms with Crippen molar-refractivity contribution in [2.45, 2.75) is 233 Å². The van der Waals surface area contributed by atoms with Crippen LogP contribution in [0.2, 0.25) is 0 Å². The summed E-state index contributed by atoms with van der Waals surface area (Å²) in [5.41, 5.74) is 19.8. The lowest BCUT2D eigenvalue weighted by molar-refractivity contribution is -0.149. The number of aromatic nitrogens is 4. The Morgan fingerprint density at radius 1 is 0.561 bits per heavy atom. The van der Waals surface area contributed by atoms with E-state index in [1.54, 1.807) is 60.9 Å². The number of imidazole rings is 1. The smallest absolute Gasteiger partial charge is 0.303 e. The summed E-state index contributed by atoms with van der Waals surface area (Å²) in [5, 5.41) is 81.2. The molecule has 3 aromatic heterocycles. The molecule has 3 aliphatic heterocycles. The number of thioether (sulfide) groups is 1. The van der Waals surface area contributed by atoms with E-state index in [1.807, 2.05) is 13.8 Å². The van der Waals surface area contributed by atoms with Crippen LogP contribution in [0.4, 0.5) is 0 Å². The van der Waals surface area contributed by atoms with Crippen molar-refractivity contribution in [3.8, 4) is 5.75 Å². The number of guanidine groups is 1. The molecule has 25 N–H and O–H groups in total. The van der Waals surface area contributed by atoms with E-state index in [1.165, 1.54) is 62.8 Å². The third-order valence-corrected chi connectivity index (χ3v) is 25.8. The molecular weight excluding hydrogens is 1820 g/mol. The number of amides is 16. The van der Waals surface area contributed by atoms with Gasteiger partial charge in [-0.2, -0.15) is 0 Å². The lowest BCUT2D eigenvalue weighted by atomic mass is 10.00. The molecule has 9 rings (SSSR count). The van der Waals surface area contributed by atoms with Crippen LogP contribution in [-0.4, -0.2) is 334 Å². The number of aromatic amines is 3. The van der Waals surface area contributed by atoms with Crippen molar-refractivity contribution in [3.63, 3.8) is 0 Å². The van der Waals surface area contributed by atoms with Gasteiger partial charge in [0, 0.05) is 125 Å². The number of aromatic hydroxyl groups is 1. The molecule has 3 fully saturated rings. The Labute approximate surface area is 807 Å². The van der Waals surface area contributed by atoms with Crippen LogP contribution in [0.1, 0.15) is 139 Å². The zero-order chi connectivity index (χ0) is 101. The van der Waals surface area contributed by atoms with Crippen molar-refractivity contribution in [1.29, 1.82) is 5.41 Å². The molecule has 6 heterocycles. The molecule has 0 saturated carbocycles. The zero-order valence-corrected chi connectivity index (χ0v) is 79.4. The maximum Gasteiger partial charge on any atom is 0.303 e. The molecule has 3 aromatic carbocycles. The second-order valence-corrected chi connectivity index (χ2v) is 35.9. The van der Waals surface area contributed by atoms with Crippen LogP contribution in [0.3, 0.4) is 0 Å². The summed E-state index contributed by atoms with van der Waals surface area (Å²) in [6, 6.07) is -2.84. The Morgan fingerprint density at radius 3 is 1.71 bits per heavy atom. The number of carboxylic acids is 1. The Bertz CT molecular complexity index is 5330. The number of carbonyl (C=O) groups is 17. The molecule has 0 bridgehead atoms. The molecule has 45 nitrogen and oxygen atoms in total. The molecule has 0 spiro atoms. The second-order valence-electron chi connectivity index (χ2n) is 34.9. The highest BCUT2D eigenvalue weighted by atomic mass is 32.2. The number of H-pyrrole nitrogens is 3. The molecule has 0 aliphatic carbocycles. The van der Waals surface area contributed by atoms with Crippen molar-refractivity contribution in [2.24, 2.45) is 17.2 Å². The number of carbonyl (C=O) groups excluding carboxylic acids is 16. The topological polar surface area (TPSA) is 682 Å². The second kappa shape index (κ2) is 53.1. The highest BCUT2D eigenvalue weighted by Gasteiger charge is 2.47. The molecular formula is C93H130N24O21S. The predicted octanol–water partition coefficient (Wildman–Crippen LogP) is -2.69.